The van der Waals surface area contributed by atoms with E-state index in [1.165, 1.54) is 0 Å². The molecule has 0 saturated carbocycles. The highest BCUT2D eigenvalue weighted by Gasteiger charge is 2.16. The van der Waals surface area contributed by atoms with Crippen LogP contribution in [0.4, 0.5) is 5.69 Å². The molecular weight excluding hydrogens is 444 g/mol. The molecule has 3 aromatic carbocycles. The molecule has 7 heteroatoms. The number of ketones is 1. The number of hydrogen-bond acceptors (Lipinski definition) is 5. The Kier molecular flexibility index (Phi) is 8.63. The zero-order valence-corrected chi connectivity index (χ0v) is 19.5. The maximum Gasteiger partial charge on any atom is 0.313 e. The predicted molar refractivity (Wildman–Crippen MR) is 134 cm³/mol. The van der Waals surface area contributed by atoms with Crippen LogP contribution in [0.1, 0.15) is 34.3 Å². The minimum Gasteiger partial charge on any atom is -0.497 e. The molecule has 7 nitrogen and oxygen atoms in total. The molecule has 0 aliphatic heterocycles. The van der Waals surface area contributed by atoms with E-state index in [0.29, 0.717) is 29.1 Å². The van der Waals surface area contributed by atoms with Crippen LogP contribution < -0.4 is 20.1 Å². The topological polar surface area (TPSA) is 93.7 Å². The highest BCUT2D eigenvalue weighted by atomic mass is 16.5. The van der Waals surface area contributed by atoms with Gasteiger partial charge in [0.1, 0.15) is 18.1 Å². The fourth-order valence-electron chi connectivity index (χ4n) is 3.26. The molecule has 0 aromatic heterocycles. The first-order chi connectivity index (χ1) is 16.9. The second-order valence-electron chi connectivity index (χ2n) is 7.76. The van der Waals surface area contributed by atoms with Crippen LogP contribution in [0.3, 0.4) is 0 Å². The molecule has 3 rings (SSSR count). The highest BCUT2D eigenvalue weighted by Crippen LogP contribution is 2.19. The number of anilines is 1. The van der Waals surface area contributed by atoms with Gasteiger partial charge < -0.3 is 20.1 Å². The van der Waals surface area contributed by atoms with Gasteiger partial charge in [0, 0.05) is 23.4 Å². The number of rotatable bonds is 9. The number of methoxy groups -OCH3 is 1. The first-order valence-electron chi connectivity index (χ1n) is 11.0. The Morgan fingerprint density at radius 3 is 2.00 bits per heavy atom. The Labute approximate surface area is 204 Å². The second-order valence-corrected chi connectivity index (χ2v) is 7.76. The van der Waals surface area contributed by atoms with Gasteiger partial charge in [-0.05, 0) is 72.1 Å². The van der Waals surface area contributed by atoms with Crippen molar-refractivity contribution in [2.24, 2.45) is 0 Å². The Bertz CT molecular complexity index is 1210. The molecule has 3 aromatic rings. The van der Waals surface area contributed by atoms with Crippen molar-refractivity contribution in [1.29, 1.82) is 0 Å². The summed E-state index contributed by atoms with van der Waals surface area (Å²) in [5.74, 6) is 2.02. The number of nitrogens with one attached hydrogen (secondary N) is 2. The number of hydrogen-bond donors (Lipinski definition) is 2. The Balaban J connectivity index is 1.51. The van der Waals surface area contributed by atoms with Crippen molar-refractivity contribution >= 4 is 23.3 Å². The number of carbonyl (C=O) groups is 3. The summed E-state index contributed by atoms with van der Waals surface area (Å²) in [6.45, 7) is 2.41. The van der Waals surface area contributed by atoms with Gasteiger partial charge in [0.2, 0.25) is 0 Å². The van der Waals surface area contributed by atoms with Gasteiger partial charge in [-0.3, -0.25) is 14.4 Å². The zero-order valence-electron chi connectivity index (χ0n) is 19.5. The number of carbonyl (C=O) groups excluding carboxylic acids is 3. The van der Waals surface area contributed by atoms with Crippen molar-refractivity contribution in [3.63, 3.8) is 0 Å². The van der Waals surface area contributed by atoms with Gasteiger partial charge in [0.05, 0.1) is 7.11 Å². The first kappa shape index (κ1) is 25.1. The van der Waals surface area contributed by atoms with E-state index in [0.717, 1.165) is 11.3 Å². The highest BCUT2D eigenvalue weighted by molar-refractivity contribution is 6.39. The van der Waals surface area contributed by atoms with Gasteiger partial charge in [-0.2, -0.15) is 0 Å². The molecule has 0 spiro atoms. The maximum atomic E-state index is 12.7. The standard InChI is InChI=1S/C28H26N2O5/c1-4-17-35-25-15-9-22(10-16-25)26(31)21-5-11-23(12-6-21)30-28(33)27(32)29-18-19(2)20-7-13-24(34-3)14-8-20/h1,5-16,19H,17-18H2,2-3H3,(H,29,32)(H,30,33). The molecule has 0 saturated heterocycles. The Morgan fingerprint density at radius 1 is 0.857 bits per heavy atom. The second kappa shape index (κ2) is 12.1. The maximum absolute atomic E-state index is 12.7. The molecule has 0 bridgehead atoms. The largest absolute Gasteiger partial charge is 0.497 e. The Morgan fingerprint density at radius 2 is 1.43 bits per heavy atom. The van der Waals surface area contributed by atoms with Crippen LogP contribution in [0.25, 0.3) is 0 Å². The zero-order chi connectivity index (χ0) is 25.2. The minimum atomic E-state index is -0.784. The molecule has 0 heterocycles. The Hall–Kier alpha value is -4.57. The van der Waals surface area contributed by atoms with E-state index < -0.39 is 11.8 Å². The molecule has 178 valence electrons. The van der Waals surface area contributed by atoms with Crippen molar-refractivity contribution in [1.82, 2.24) is 5.32 Å². The van der Waals surface area contributed by atoms with Gasteiger partial charge in [-0.15, -0.1) is 6.42 Å². The van der Waals surface area contributed by atoms with E-state index in [-0.39, 0.29) is 18.3 Å². The van der Waals surface area contributed by atoms with Gasteiger partial charge in [0.25, 0.3) is 0 Å². The van der Waals surface area contributed by atoms with Gasteiger partial charge in [-0.25, -0.2) is 0 Å². The van der Waals surface area contributed by atoms with E-state index >= 15 is 0 Å². The van der Waals surface area contributed by atoms with Crippen LogP contribution in [-0.4, -0.2) is 37.9 Å². The van der Waals surface area contributed by atoms with Crippen LogP contribution >= 0.6 is 0 Å². The van der Waals surface area contributed by atoms with E-state index in [1.54, 1.807) is 55.6 Å². The van der Waals surface area contributed by atoms with Crippen LogP contribution in [0.5, 0.6) is 11.5 Å². The fraction of sp³-hybridized carbons (Fsp3) is 0.179. The number of terminal acetylenes is 1. The first-order valence-corrected chi connectivity index (χ1v) is 11.0. The van der Waals surface area contributed by atoms with Gasteiger partial charge in [0.15, 0.2) is 5.78 Å². The van der Waals surface area contributed by atoms with Crippen LogP contribution in [0.15, 0.2) is 72.8 Å². The summed E-state index contributed by atoms with van der Waals surface area (Å²) in [7, 11) is 1.60. The monoisotopic (exact) mass is 470 g/mol. The predicted octanol–water partition coefficient (Wildman–Crippen LogP) is 3.80. The summed E-state index contributed by atoms with van der Waals surface area (Å²) in [4.78, 5) is 37.2. The van der Waals surface area contributed by atoms with E-state index in [4.69, 9.17) is 15.9 Å². The van der Waals surface area contributed by atoms with Gasteiger partial charge in [-0.1, -0.05) is 25.0 Å². The number of benzene rings is 3. The van der Waals surface area contributed by atoms with Crippen molar-refractivity contribution in [3.05, 3.63) is 89.5 Å². The average Bonchev–Trinajstić information content (AvgIpc) is 2.90. The molecule has 35 heavy (non-hydrogen) atoms. The summed E-state index contributed by atoms with van der Waals surface area (Å²) in [5.41, 5.74) is 2.35. The minimum absolute atomic E-state index is 0.0147. The third kappa shape index (κ3) is 6.95. The van der Waals surface area contributed by atoms with Crippen LogP contribution in [0.2, 0.25) is 0 Å². The molecule has 2 amide bonds. The summed E-state index contributed by atoms with van der Waals surface area (Å²) in [5, 5.41) is 5.18. The third-order valence-corrected chi connectivity index (χ3v) is 5.30. The molecule has 1 atom stereocenters. The van der Waals surface area contributed by atoms with Gasteiger partial charge >= 0.3 is 11.8 Å². The SMILES string of the molecule is C#CCOc1ccc(C(=O)c2ccc(NC(=O)C(=O)NCC(C)c3ccc(OC)cc3)cc2)cc1. The quantitative estimate of drug-likeness (QED) is 0.282. The summed E-state index contributed by atoms with van der Waals surface area (Å²) >= 11 is 0. The smallest absolute Gasteiger partial charge is 0.313 e. The van der Waals surface area contributed by atoms with Crippen molar-refractivity contribution in [2.45, 2.75) is 12.8 Å². The average molecular weight is 471 g/mol. The van der Waals surface area contributed by atoms with Crippen LogP contribution in [-0.2, 0) is 9.59 Å². The number of ether oxygens (including phenoxy) is 2. The summed E-state index contributed by atoms with van der Waals surface area (Å²) in [6, 6.07) is 20.5. The molecule has 0 aliphatic rings. The number of amides is 2. The molecule has 0 fully saturated rings. The summed E-state index contributed by atoms with van der Waals surface area (Å²) in [6.07, 6.45) is 5.17. The van der Waals surface area contributed by atoms with Crippen molar-refractivity contribution in [3.8, 4) is 23.8 Å². The third-order valence-electron chi connectivity index (χ3n) is 5.30. The van der Waals surface area contributed by atoms with Crippen molar-refractivity contribution < 1.29 is 23.9 Å². The fourth-order valence-corrected chi connectivity index (χ4v) is 3.26. The molecule has 2 N–H and O–H groups in total. The molecule has 1 unspecified atom stereocenters. The lowest BCUT2D eigenvalue weighted by Crippen LogP contribution is -2.37. The normalized spacial score (nSPS) is 11.0. The summed E-state index contributed by atoms with van der Waals surface area (Å²) < 4.78 is 10.4. The molecular formula is C28H26N2O5. The lowest BCUT2D eigenvalue weighted by atomic mass is 10.0. The molecule has 0 radical (unpaired) electrons. The lowest BCUT2D eigenvalue weighted by Gasteiger charge is -2.13. The lowest BCUT2D eigenvalue weighted by molar-refractivity contribution is -0.136. The van der Waals surface area contributed by atoms with E-state index in [1.807, 2.05) is 31.2 Å². The van der Waals surface area contributed by atoms with E-state index in [2.05, 4.69) is 16.6 Å². The van der Waals surface area contributed by atoms with E-state index in [9.17, 15) is 14.4 Å². The molecule has 0 aliphatic carbocycles. The van der Waals surface area contributed by atoms with Crippen molar-refractivity contribution in [2.75, 3.05) is 25.6 Å². The van der Waals surface area contributed by atoms with Crippen LogP contribution in [0, 0.1) is 12.3 Å².